The summed E-state index contributed by atoms with van der Waals surface area (Å²) in [5.41, 5.74) is 1.43. The van der Waals surface area contributed by atoms with E-state index in [2.05, 4.69) is 10.2 Å². The van der Waals surface area contributed by atoms with Crippen molar-refractivity contribution in [2.24, 2.45) is 0 Å². The van der Waals surface area contributed by atoms with Gasteiger partial charge in [-0.15, -0.1) is 10.2 Å². The summed E-state index contributed by atoms with van der Waals surface area (Å²) in [4.78, 5) is 10.1. The summed E-state index contributed by atoms with van der Waals surface area (Å²) in [7, 11) is 0. The third-order valence-corrected chi connectivity index (χ3v) is 3.09. The van der Waals surface area contributed by atoms with Gasteiger partial charge in [-0.05, 0) is 24.3 Å². The van der Waals surface area contributed by atoms with Crippen molar-refractivity contribution in [2.45, 2.75) is 5.03 Å². The molecule has 2 aromatic rings. The molecule has 0 aliphatic rings. The van der Waals surface area contributed by atoms with Gasteiger partial charge in [-0.3, -0.25) is 10.1 Å². The Morgan fingerprint density at radius 2 is 1.95 bits per heavy atom. The van der Waals surface area contributed by atoms with Crippen LogP contribution in [0.3, 0.4) is 0 Å². The van der Waals surface area contributed by atoms with Crippen molar-refractivity contribution in [3.63, 3.8) is 0 Å². The van der Waals surface area contributed by atoms with E-state index in [4.69, 9.17) is 5.26 Å². The van der Waals surface area contributed by atoms with Gasteiger partial charge in [0.2, 0.25) is 0 Å². The molecule has 2 rings (SSSR count). The van der Waals surface area contributed by atoms with Gasteiger partial charge in [0.05, 0.1) is 22.4 Å². The standard InChI is InChI=1S/C12H8N4O2S/c13-7-8-19-12-6-5-11(14-15-12)9-1-3-10(4-2-9)16(17)18/h1-6H,8H2. The van der Waals surface area contributed by atoms with Gasteiger partial charge in [-0.1, -0.05) is 11.8 Å². The number of hydrogen-bond acceptors (Lipinski definition) is 6. The molecule has 1 heterocycles. The number of thioether (sulfide) groups is 1. The lowest BCUT2D eigenvalue weighted by molar-refractivity contribution is -0.384. The maximum absolute atomic E-state index is 10.5. The molecule has 0 unspecified atom stereocenters. The largest absolute Gasteiger partial charge is 0.269 e. The molecular formula is C12H8N4O2S. The van der Waals surface area contributed by atoms with Gasteiger partial charge in [0.25, 0.3) is 5.69 Å². The van der Waals surface area contributed by atoms with E-state index in [-0.39, 0.29) is 5.69 Å². The molecule has 6 nitrogen and oxygen atoms in total. The third kappa shape index (κ3) is 3.26. The van der Waals surface area contributed by atoms with Crippen LogP contribution in [-0.2, 0) is 0 Å². The molecule has 0 aliphatic heterocycles. The molecule has 1 aromatic carbocycles. The summed E-state index contributed by atoms with van der Waals surface area (Å²) in [5.74, 6) is 0.325. The summed E-state index contributed by atoms with van der Waals surface area (Å²) in [6.45, 7) is 0. The van der Waals surface area contributed by atoms with E-state index in [0.29, 0.717) is 16.5 Å². The van der Waals surface area contributed by atoms with Gasteiger partial charge < -0.3 is 0 Å². The van der Waals surface area contributed by atoms with Crippen molar-refractivity contribution in [3.8, 4) is 17.3 Å². The van der Waals surface area contributed by atoms with Crippen LogP contribution in [0.2, 0.25) is 0 Å². The smallest absolute Gasteiger partial charge is 0.258 e. The fourth-order valence-electron chi connectivity index (χ4n) is 1.41. The van der Waals surface area contributed by atoms with Crippen molar-refractivity contribution >= 4 is 17.4 Å². The second kappa shape index (κ2) is 5.93. The van der Waals surface area contributed by atoms with Gasteiger partial charge in [-0.2, -0.15) is 5.26 Å². The molecule has 0 aliphatic carbocycles. The minimum Gasteiger partial charge on any atom is -0.258 e. The molecule has 0 radical (unpaired) electrons. The Morgan fingerprint density at radius 3 is 2.47 bits per heavy atom. The molecule has 19 heavy (non-hydrogen) atoms. The summed E-state index contributed by atoms with van der Waals surface area (Å²) in [6, 6.07) is 11.7. The first-order valence-corrected chi connectivity index (χ1v) is 6.27. The zero-order valence-corrected chi connectivity index (χ0v) is 10.5. The van der Waals surface area contributed by atoms with E-state index in [1.54, 1.807) is 24.3 Å². The average molecular weight is 272 g/mol. The number of nitro groups is 1. The highest BCUT2D eigenvalue weighted by Crippen LogP contribution is 2.21. The molecule has 0 fully saturated rings. The summed E-state index contributed by atoms with van der Waals surface area (Å²) in [6.07, 6.45) is 0. The van der Waals surface area contributed by atoms with Crippen molar-refractivity contribution < 1.29 is 4.92 Å². The van der Waals surface area contributed by atoms with Crippen LogP contribution in [-0.4, -0.2) is 20.9 Å². The van der Waals surface area contributed by atoms with Crippen molar-refractivity contribution in [1.82, 2.24) is 10.2 Å². The molecule has 0 bridgehead atoms. The number of rotatable bonds is 4. The highest BCUT2D eigenvalue weighted by atomic mass is 32.2. The Morgan fingerprint density at radius 1 is 1.21 bits per heavy atom. The van der Waals surface area contributed by atoms with E-state index >= 15 is 0 Å². The predicted molar refractivity (Wildman–Crippen MR) is 70.5 cm³/mol. The molecule has 0 N–H and O–H groups in total. The van der Waals surface area contributed by atoms with Crippen molar-refractivity contribution in [2.75, 3.05) is 5.75 Å². The number of nitro benzene ring substituents is 1. The van der Waals surface area contributed by atoms with Gasteiger partial charge in [0.1, 0.15) is 5.03 Å². The molecular weight excluding hydrogens is 264 g/mol. The number of aromatic nitrogens is 2. The van der Waals surface area contributed by atoms with E-state index in [9.17, 15) is 10.1 Å². The first-order chi connectivity index (χ1) is 9.20. The number of hydrogen-bond donors (Lipinski definition) is 0. The molecule has 0 saturated heterocycles. The number of nitrogens with zero attached hydrogens (tertiary/aromatic N) is 4. The molecule has 0 atom stereocenters. The van der Waals surface area contributed by atoms with Gasteiger partial charge in [0.15, 0.2) is 0 Å². The maximum Gasteiger partial charge on any atom is 0.269 e. The third-order valence-electron chi connectivity index (χ3n) is 2.30. The Balaban J connectivity index is 2.18. The van der Waals surface area contributed by atoms with Crippen molar-refractivity contribution in [1.29, 1.82) is 5.26 Å². The second-order valence-electron chi connectivity index (χ2n) is 3.51. The minimum absolute atomic E-state index is 0.0397. The van der Waals surface area contributed by atoms with Gasteiger partial charge in [0, 0.05) is 17.7 Å². The van der Waals surface area contributed by atoms with Gasteiger partial charge in [-0.25, -0.2) is 0 Å². The predicted octanol–water partition coefficient (Wildman–Crippen LogP) is 2.67. The quantitative estimate of drug-likeness (QED) is 0.482. The van der Waals surface area contributed by atoms with E-state index < -0.39 is 4.92 Å². The zero-order valence-electron chi connectivity index (χ0n) is 9.68. The van der Waals surface area contributed by atoms with Gasteiger partial charge >= 0.3 is 0 Å². The molecule has 1 aromatic heterocycles. The van der Waals surface area contributed by atoms with Crippen LogP contribution in [0, 0.1) is 21.4 Å². The second-order valence-corrected chi connectivity index (χ2v) is 4.50. The SMILES string of the molecule is N#CCSc1ccc(-c2ccc([N+](=O)[O-])cc2)nn1. The van der Waals surface area contributed by atoms with Crippen LogP contribution in [0.25, 0.3) is 11.3 Å². The first kappa shape index (κ1) is 13.0. The summed E-state index contributed by atoms with van der Waals surface area (Å²) < 4.78 is 0. The normalized spacial score (nSPS) is 9.84. The number of non-ortho nitro benzene ring substituents is 1. The Bertz CT molecular complexity index is 620. The summed E-state index contributed by atoms with van der Waals surface area (Å²) in [5, 5.41) is 27.7. The van der Waals surface area contributed by atoms with E-state index in [1.807, 2.05) is 6.07 Å². The lowest BCUT2D eigenvalue weighted by atomic mass is 10.1. The van der Waals surface area contributed by atoms with Crippen LogP contribution < -0.4 is 0 Å². The summed E-state index contributed by atoms with van der Waals surface area (Å²) >= 11 is 1.31. The molecule has 0 amide bonds. The minimum atomic E-state index is -0.447. The molecule has 7 heteroatoms. The van der Waals surface area contributed by atoms with Crippen LogP contribution >= 0.6 is 11.8 Å². The van der Waals surface area contributed by atoms with Crippen LogP contribution in [0.15, 0.2) is 41.4 Å². The number of benzene rings is 1. The average Bonchev–Trinajstić information content (AvgIpc) is 2.46. The van der Waals surface area contributed by atoms with Crippen LogP contribution in [0.1, 0.15) is 0 Å². The Labute approximate surface area is 113 Å². The topological polar surface area (TPSA) is 92.7 Å². The lowest BCUT2D eigenvalue weighted by Gasteiger charge is -2.00. The van der Waals surface area contributed by atoms with Crippen molar-refractivity contribution in [3.05, 3.63) is 46.5 Å². The highest BCUT2D eigenvalue weighted by Gasteiger charge is 2.06. The fourth-order valence-corrected chi connectivity index (χ4v) is 1.89. The van der Waals surface area contributed by atoms with Crippen LogP contribution in [0.5, 0.6) is 0 Å². The maximum atomic E-state index is 10.5. The lowest BCUT2D eigenvalue weighted by Crippen LogP contribution is -1.91. The zero-order chi connectivity index (χ0) is 13.7. The highest BCUT2D eigenvalue weighted by molar-refractivity contribution is 7.99. The Hall–Kier alpha value is -2.46. The van der Waals surface area contributed by atoms with E-state index in [0.717, 1.165) is 5.56 Å². The molecule has 0 spiro atoms. The number of nitriles is 1. The first-order valence-electron chi connectivity index (χ1n) is 5.29. The van der Waals surface area contributed by atoms with Crippen LogP contribution in [0.4, 0.5) is 5.69 Å². The Kier molecular flexibility index (Phi) is 4.05. The molecule has 0 saturated carbocycles. The monoisotopic (exact) mass is 272 g/mol. The van der Waals surface area contributed by atoms with E-state index in [1.165, 1.54) is 23.9 Å². The fraction of sp³-hybridized carbons (Fsp3) is 0.0833. The molecule has 94 valence electrons.